The molecule has 4 heteroatoms. The number of nitrogens with zero attached hydrogens (tertiary/aromatic N) is 2. The second-order valence-electron chi connectivity index (χ2n) is 4.42. The Labute approximate surface area is 110 Å². The Kier molecular flexibility index (Phi) is 2.63. The molecule has 0 fully saturated rings. The van der Waals surface area contributed by atoms with Crippen LogP contribution in [0.4, 0.5) is 0 Å². The molecule has 0 radical (unpaired) electrons. The number of aromatic hydroxyl groups is 1. The van der Waals surface area contributed by atoms with E-state index < -0.39 is 0 Å². The molecule has 0 spiro atoms. The van der Waals surface area contributed by atoms with Crippen LogP contribution >= 0.6 is 0 Å². The molecular weight excluding hydrogens is 240 g/mol. The minimum absolute atomic E-state index is 0.138. The van der Waals surface area contributed by atoms with Crippen LogP contribution in [0.25, 0.3) is 22.2 Å². The van der Waals surface area contributed by atoms with Crippen LogP contribution in [-0.2, 0) is 7.05 Å². The normalized spacial score (nSPS) is 10.8. The third kappa shape index (κ3) is 1.81. The highest BCUT2D eigenvalue weighted by Crippen LogP contribution is 2.34. The van der Waals surface area contributed by atoms with Gasteiger partial charge in [-0.15, -0.1) is 0 Å². The summed E-state index contributed by atoms with van der Waals surface area (Å²) in [6, 6.07) is 11.4. The van der Waals surface area contributed by atoms with Crippen molar-refractivity contribution >= 4 is 11.0 Å². The standard InChI is InChI=1S/C15H14N2O2/c1-17-9-16-15-11(4-3-5-12(15)17)10-6-7-13(18)14(8-10)19-2/h3-9,18H,1-2H3. The van der Waals surface area contributed by atoms with Crippen LogP contribution in [0.2, 0.25) is 0 Å². The van der Waals surface area contributed by atoms with Crippen LogP contribution in [0, 0.1) is 0 Å². The number of hydrogen-bond acceptors (Lipinski definition) is 3. The van der Waals surface area contributed by atoms with Gasteiger partial charge in [-0.25, -0.2) is 4.98 Å². The molecule has 3 aromatic rings. The highest BCUT2D eigenvalue weighted by molar-refractivity contribution is 5.92. The summed E-state index contributed by atoms with van der Waals surface area (Å²) in [4.78, 5) is 4.43. The van der Waals surface area contributed by atoms with Crippen LogP contribution in [0.5, 0.6) is 11.5 Å². The van der Waals surface area contributed by atoms with E-state index in [9.17, 15) is 5.11 Å². The molecule has 0 bridgehead atoms. The van der Waals surface area contributed by atoms with Gasteiger partial charge in [0.05, 0.1) is 24.5 Å². The average molecular weight is 254 g/mol. The maximum absolute atomic E-state index is 9.65. The fourth-order valence-electron chi connectivity index (χ4n) is 2.24. The Morgan fingerprint density at radius 1 is 1.21 bits per heavy atom. The smallest absolute Gasteiger partial charge is 0.161 e. The fraction of sp³-hybridized carbons (Fsp3) is 0.133. The molecule has 4 nitrogen and oxygen atoms in total. The number of phenols is 1. The first kappa shape index (κ1) is 11.6. The second-order valence-corrected chi connectivity index (χ2v) is 4.42. The van der Waals surface area contributed by atoms with Gasteiger partial charge in [-0.1, -0.05) is 18.2 Å². The minimum Gasteiger partial charge on any atom is -0.504 e. The van der Waals surface area contributed by atoms with Crippen LogP contribution in [0.3, 0.4) is 0 Å². The van der Waals surface area contributed by atoms with E-state index in [2.05, 4.69) is 4.98 Å². The van der Waals surface area contributed by atoms with Gasteiger partial charge in [0.1, 0.15) is 0 Å². The van der Waals surface area contributed by atoms with Crippen LogP contribution in [0.1, 0.15) is 0 Å². The quantitative estimate of drug-likeness (QED) is 0.764. The summed E-state index contributed by atoms with van der Waals surface area (Å²) in [6.45, 7) is 0. The van der Waals surface area contributed by atoms with Gasteiger partial charge in [0.15, 0.2) is 11.5 Å². The van der Waals surface area contributed by atoms with Crippen LogP contribution in [0.15, 0.2) is 42.7 Å². The molecule has 0 unspecified atom stereocenters. The summed E-state index contributed by atoms with van der Waals surface area (Å²) in [5, 5.41) is 9.65. The van der Waals surface area contributed by atoms with E-state index in [0.717, 1.165) is 22.2 Å². The molecule has 1 N–H and O–H groups in total. The second kappa shape index (κ2) is 4.31. The molecule has 0 aliphatic rings. The number of phenolic OH excluding ortho intramolecular Hbond substituents is 1. The zero-order chi connectivity index (χ0) is 13.4. The lowest BCUT2D eigenvalue weighted by Gasteiger charge is -2.07. The minimum atomic E-state index is 0.138. The summed E-state index contributed by atoms with van der Waals surface area (Å²) < 4.78 is 7.13. The van der Waals surface area contributed by atoms with E-state index in [1.165, 1.54) is 0 Å². The maximum atomic E-state index is 9.65. The lowest BCUT2D eigenvalue weighted by atomic mass is 10.0. The Bertz CT molecular complexity index is 747. The molecule has 19 heavy (non-hydrogen) atoms. The molecule has 96 valence electrons. The van der Waals surface area contributed by atoms with Crippen molar-refractivity contribution in [2.45, 2.75) is 0 Å². The lowest BCUT2D eigenvalue weighted by molar-refractivity contribution is 0.373. The SMILES string of the molecule is COc1cc(-c2cccc3c2ncn3C)ccc1O. The summed E-state index contributed by atoms with van der Waals surface area (Å²) >= 11 is 0. The summed E-state index contributed by atoms with van der Waals surface area (Å²) in [5.74, 6) is 0.602. The highest BCUT2D eigenvalue weighted by Gasteiger charge is 2.10. The van der Waals surface area contributed by atoms with Crippen LogP contribution in [-0.4, -0.2) is 21.8 Å². The number of methoxy groups -OCH3 is 1. The predicted molar refractivity (Wildman–Crippen MR) is 74.4 cm³/mol. The van der Waals surface area contributed by atoms with Gasteiger partial charge in [-0.3, -0.25) is 0 Å². The van der Waals surface area contributed by atoms with E-state index in [0.29, 0.717) is 5.75 Å². The Hall–Kier alpha value is -2.49. The number of benzene rings is 2. The van der Waals surface area contributed by atoms with E-state index >= 15 is 0 Å². The van der Waals surface area contributed by atoms with Crippen molar-refractivity contribution in [3.63, 3.8) is 0 Å². The summed E-state index contributed by atoms with van der Waals surface area (Å²) in [6.07, 6.45) is 1.80. The molecule has 0 saturated heterocycles. The number of aryl methyl sites for hydroxylation is 1. The Morgan fingerprint density at radius 2 is 2.05 bits per heavy atom. The molecule has 0 saturated carbocycles. The van der Waals surface area contributed by atoms with Gasteiger partial charge in [-0.05, 0) is 23.8 Å². The largest absolute Gasteiger partial charge is 0.504 e. The van der Waals surface area contributed by atoms with Crippen molar-refractivity contribution < 1.29 is 9.84 Å². The van der Waals surface area contributed by atoms with Gasteiger partial charge >= 0.3 is 0 Å². The number of imidazole rings is 1. The number of ether oxygens (including phenoxy) is 1. The summed E-state index contributed by atoms with van der Waals surface area (Å²) in [7, 11) is 3.51. The van der Waals surface area contributed by atoms with Crippen molar-refractivity contribution in [1.29, 1.82) is 0 Å². The van der Waals surface area contributed by atoms with Gasteiger partial charge < -0.3 is 14.4 Å². The van der Waals surface area contributed by atoms with Gasteiger partial charge in [-0.2, -0.15) is 0 Å². The van der Waals surface area contributed by atoms with Crippen molar-refractivity contribution in [3.8, 4) is 22.6 Å². The van der Waals surface area contributed by atoms with Gasteiger partial charge in [0.2, 0.25) is 0 Å². The maximum Gasteiger partial charge on any atom is 0.161 e. The van der Waals surface area contributed by atoms with E-state index in [-0.39, 0.29) is 5.75 Å². The first-order valence-electron chi connectivity index (χ1n) is 5.98. The van der Waals surface area contributed by atoms with Crippen molar-refractivity contribution in [1.82, 2.24) is 9.55 Å². The topological polar surface area (TPSA) is 47.3 Å². The molecule has 0 amide bonds. The first-order chi connectivity index (χ1) is 9.20. The number of aromatic nitrogens is 2. The number of rotatable bonds is 2. The molecule has 0 aliphatic carbocycles. The van der Waals surface area contributed by atoms with Crippen molar-refractivity contribution in [2.75, 3.05) is 7.11 Å². The van der Waals surface area contributed by atoms with E-state index in [4.69, 9.17) is 4.74 Å². The monoisotopic (exact) mass is 254 g/mol. The summed E-state index contributed by atoms with van der Waals surface area (Å²) in [5.41, 5.74) is 4.01. The van der Waals surface area contributed by atoms with E-state index in [1.54, 1.807) is 19.5 Å². The molecular formula is C15H14N2O2. The third-order valence-corrected chi connectivity index (χ3v) is 3.25. The first-order valence-corrected chi connectivity index (χ1v) is 5.98. The number of para-hydroxylation sites is 1. The third-order valence-electron chi connectivity index (χ3n) is 3.25. The van der Waals surface area contributed by atoms with Gasteiger partial charge in [0.25, 0.3) is 0 Å². The van der Waals surface area contributed by atoms with Crippen LogP contribution < -0.4 is 4.74 Å². The molecule has 0 aliphatic heterocycles. The van der Waals surface area contributed by atoms with Crippen molar-refractivity contribution in [2.24, 2.45) is 7.05 Å². The van der Waals surface area contributed by atoms with E-state index in [1.807, 2.05) is 41.9 Å². The number of fused-ring (bicyclic) bond motifs is 1. The molecule has 3 rings (SSSR count). The highest BCUT2D eigenvalue weighted by atomic mass is 16.5. The molecule has 0 atom stereocenters. The zero-order valence-electron chi connectivity index (χ0n) is 10.8. The van der Waals surface area contributed by atoms with Crippen molar-refractivity contribution in [3.05, 3.63) is 42.7 Å². The number of hydrogen-bond donors (Lipinski definition) is 1. The Balaban J connectivity index is 2.24. The predicted octanol–water partition coefficient (Wildman–Crippen LogP) is 2.95. The molecule has 2 aromatic carbocycles. The lowest BCUT2D eigenvalue weighted by Crippen LogP contribution is -1.87. The zero-order valence-corrected chi connectivity index (χ0v) is 10.8. The Morgan fingerprint density at radius 3 is 2.84 bits per heavy atom. The average Bonchev–Trinajstić information content (AvgIpc) is 2.81. The fourth-order valence-corrected chi connectivity index (χ4v) is 2.24. The van der Waals surface area contributed by atoms with Gasteiger partial charge in [0, 0.05) is 12.6 Å². The molecule has 1 heterocycles. The molecule has 1 aromatic heterocycles.